The van der Waals surface area contributed by atoms with Gasteiger partial charge in [0.1, 0.15) is 12.4 Å². The number of ether oxygens (including phenoxy) is 2. The first-order chi connectivity index (χ1) is 12.7. The average molecular weight is 353 g/mol. The lowest BCUT2D eigenvalue weighted by Crippen LogP contribution is -2.27. The van der Waals surface area contributed by atoms with Gasteiger partial charge in [-0.1, -0.05) is 30.3 Å². The van der Waals surface area contributed by atoms with E-state index in [-0.39, 0.29) is 24.9 Å². The lowest BCUT2D eigenvalue weighted by Gasteiger charge is -2.15. The molecule has 0 radical (unpaired) electrons. The number of hydrogen-bond donors (Lipinski definition) is 0. The number of carbonyl (C=O) groups excluding carboxylic acids is 2. The minimum absolute atomic E-state index is 0.0715. The van der Waals surface area contributed by atoms with Crippen LogP contribution in [0.3, 0.4) is 0 Å². The van der Waals surface area contributed by atoms with Gasteiger partial charge in [-0.25, -0.2) is 0 Å². The van der Waals surface area contributed by atoms with E-state index in [4.69, 9.17) is 9.47 Å². The van der Waals surface area contributed by atoms with Crippen molar-refractivity contribution in [2.45, 2.75) is 25.9 Å². The fraction of sp³-hybridized carbons (Fsp3) is 0.333. The summed E-state index contributed by atoms with van der Waals surface area (Å²) in [5.41, 5.74) is 2.33. The maximum Gasteiger partial charge on any atom is 0.310 e. The van der Waals surface area contributed by atoms with Crippen LogP contribution in [0, 0.1) is 0 Å². The monoisotopic (exact) mass is 353 g/mol. The molecule has 1 fully saturated rings. The first-order valence-corrected chi connectivity index (χ1v) is 8.83. The first kappa shape index (κ1) is 18.0. The van der Waals surface area contributed by atoms with Gasteiger partial charge in [-0.15, -0.1) is 0 Å². The summed E-state index contributed by atoms with van der Waals surface area (Å²) < 4.78 is 10.6. The predicted molar refractivity (Wildman–Crippen MR) is 98.1 cm³/mol. The van der Waals surface area contributed by atoms with Crippen molar-refractivity contribution in [1.82, 2.24) is 4.90 Å². The minimum atomic E-state index is -0.313. The van der Waals surface area contributed by atoms with Crippen molar-refractivity contribution < 1.29 is 19.1 Å². The summed E-state index contributed by atoms with van der Waals surface area (Å²) in [7, 11) is 1.58. The Bertz CT molecular complexity index is 764. The molecule has 3 rings (SSSR count). The van der Waals surface area contributed by atoms with E-state index < -0.39 is 0 Å². The molecule has 5 nitrogen and oxygen atoms in total. The van der Waals surface area contributed by atoms with Gasteiger partial charge in [0.15, 0.2) is 0 Å². The summed E-state index contributed by atoms with van der Waals surface area (Å²) in [6.45, 7) is 1.86. The summed E-state index contributed by atoms with van der Waals surface area (Å²) in [4.78, 5) is 26.3. The van der Waals surface area contributed by atoms with Crippen molar-refractivity contribution in [1.29, 1.82) is 0 Å². The van der Waals surface area contributed by atoms with Crippen LogP contribution in [0.1, 0.15) is 34.3 Å². The second-order valence-corrected chi connectivity index (χ2v) is 6.35. The number of methoxy groups -OCH3 is 1. The third-order valence-corrected chi connectivity index (χ3v) is 4.52. The highest BCUT2D eigenvalue weighted by Gasteiger charge is 2.19. The van der Waals surface area contributed by atoms with E-state index in [0.29, 0.717) is 11.3 Å². The molecule has 0 bridgehead atoms. The number of rotatable bonds is 6. The lowest BCUT2D eigenvalue weighted by atomic mass is 10.1. The summed E-state index contributed by atoms with van der Waals surface area (Å²) in [6.07, 6.45) is 2.31. The molecule has 0 aliphatic carbocycles. The van der Waals surface area contributed by atoms with Gasteiger partial charge in [0.25, 0.3) is 5.91 Å². The van der Waals surface area contributed by atoms with Gasteiger partial charge in [0.05, 0.1) is 13.5 Å². The van der Waals surface area contributed by atoms with Crippen LogP contribution in [0.2, 0.25) is 0 Å². The second-order valence-electron chi connectivity index (χ2n) is 6.35. The number of para-hydroxylation sites is 1. The fourth-order valence-electron chi connectivity index (χ4n) is 3.07. The van der Waals surface area contributed by atoms with Crippen LogP contribution in [0.15, 0.2) is 48.5 Å². The number of carbonyl (C=O) groups is 2. The zero-order valence-electron chi connectivity index (χ0n) is 14.9. The summed E-state index contributed by atoms with van der Waals surface area (Å²) in [6, 6.07) is 14.6. The Kier molecular flexibility index (Phi) is 5.89. The molecule has 1 aliphatic rings. The molecule has 0 N–H and O–H groups in total. The molecular formula is C21H23NO4. The number of benzene rings is 2. The zero-order chi connectivity index (χ0) is 18.4. The van der Waals surface area contributed by atoms with Gasteiger partial charge < -0.3 is 14.4 Å². The van der Waals surface area contributed by atoms with E-state index in [1.807, 2.05) is 41.3 Å². The van der Waals surface area contributed by atoms with Crippen molar-refractivity contribution >= 4 is 11.9 Å². The van der Waals surface area contributed by atoms with Crippen molar-refractivity contribution in [3.05, 3.63) is 65.2 Å². The van der Waals surface area contributed by atoms with E-state index >= 15 is 0 Å². The second kappa shape index (κ2) is 8.52. The smallest absolute Gasteiger partial charge is 0.310 e. The van der Waals surface area contributed by atoms with E-state index in [1.165, 1.54) is 0 Å². The standard InChI is InChI=1S/C21H23NO4/c1-25-19-7-3-2-6-18(19)14-20(23)26-15-16-8-10-17(11-9-16)21(24)22-12-4-5-13-22/h2-3,6-11H,4-5,12-15H2,1H3. The van der Waals surface area contributed by atoms with Crippen LogP contribution >= 0.6 is 0 Å². The summed E-state index contributed by atoms with van der Waals surface area (Å²) in [5.74, 6) is 0.433. The Morgan fingerprint density at radius 1 is 1.00 bits per heavy atom. The Balaban J connectivity index is 1.53. The van der Waals surface area contributed by atoms with Crippen LogP contribution in [-0.2, 0) is 22.6 Å². The minimum Gasteiger partial charge on any atom is -0.496 e. The quantitative estimate of drug-likeness (QED) is 0.748. The maximum absolute atomic E-state index is 12.3. The first-order valence-electron chi connectivity index (χ1n) is 8.83. The molecule has 0 unspecified atom stereocenters. The summed E-state index contributed by atoms with van der Waals surface area (Å²) >= 11 is 0. The molecule has 1 aliphatic heterocycles. The normalized spacial score (nSPS) is 13.5. The van der Waals surface area contributed by atoms with Crippen LogP contribution < -0.4 is 4.74 Å². The molecule has 1 amide bonds. The number of amides is 1. The molecule has 2 aromatic rings. The van der Waals surface area contributed by atoms with E-state index in [1.54, 1.807) is 19.2 Å². The van der Waals surface area contributed by atoms with Crippen molar-refractivity contribution in [2.24, 2.45) is 0 Å². The molecule has 1 heterocycles. The Morgan fingerprint density at radius 2 is 1.69 bits per heavy atom. The number of esters is 1. The highest BCUT2D eigenvalue weighted by atomic mass is 16.5. The third kappa shape index (κ3) is 4.42. The van der Waals surface area contributed by atoms with Gasteiger partial charge in [0.2, 0.25) is 0 Å². The molecule has 5 heteroatoms. The Morgan fingerprint density at radius 3 is 2.38 bits per heavy atom. The molecule has 0 spiro atoms. The van der Waals surface area contributed by atoms with Crippen molar-refractivity contribution in [2.75, 3.05) is 20.2 Å². The molecule has 0 aromatic heterocycles. The zero-order valence-corrected chi connectivity index (χ0v) is 14.9. The van der Waals surface area contributed by atoms with Crippen molar-refractivity contribution in [3.8, 4) is 5.75 Å². The van der Waals surface area contributed by atoms with Gasteiger partial charge in [-0.3, -0.25) is 9.59 Å². The van der Waals surface area contributed by atoms with Gasteiger partial charge in [-0.05, 0) is 36.6 Å². The fourth-order valence-corrected chi connectivity index (χ4v) is 3.07. The summed E-state index contributed by atoms with van der Waals surface area (Å²) in [5, 5.41) is 0. The molecule has 26 heavy (non-hydrogen) atoms. The van der Waals surface area contributed by atoms with Gasteiger partial charge in [0, 0.05) is 24.2 Å². The van der Waals surface area contributed by atoms with E-state index in [0.717, 1.165) is 37.1 Å². The molecule has 0 saturated carbocycles. The van der Waals surface area contributed by atoms with Crippen molar-refractivity contribution in [3.63, 3.8) is 0 Å². The maximum atomic E-state index is 12.3. The van der Waals surface area contributed by atoms with Crippen LogP contribution in [-0.4, -0.2) is 37.0 Å². The van der Waals surface area contributed by atoms with E-state index in [2.05, 4.69) is 0 Å². The molecular weight excluding hydrogens is 330 g/mol. The van der Waals surface area contributed by atoms with E-state index in [9.17, 15) is 9.59 Å². The average Bonchev–Trinajstić information content (AvgIpc) is 3.21. The number of nitrogens with zero attached hydrogens (tertiary/aromatic N) is 1. The van der Waals surface area contributed by atoms with Gasteiger partial charge >= 0.3 is 5.97 Å². The molecule has 2 aromatic carbocycles. The van der Waals surface area contributed by atoms with Crippen LogP contribution in [0.4, 0.5) is 0 Å². The lowest BCUT2D eigenvalue weighted by molar-refractivity contribution is -0.144. The van der Waals surface area contributed by atoms with Gasteiger partial charge in [-0.2, -0.15) is 0 Å². The number of likely N-dealkylation sites (tertiary alicyclic amines) is 1. The Hall–Kier alpha value is -2.82. The predicted octanol–water partition coefficient (Wildman–Crippen LogP) is 3.22. The number of hydrogen-bond acceptors (Lipinski definition) is 4. The Labute approximate surface area is 153 Å². The molecule has 136 valence electrons. The molecule has 1 saturated heterocycles. The topological polar surface area (TPSA) is 55.8 Å². The van der Waals surface area contributed by atoms with Crippen LogP contribution in [0.25, 0.3) is 0 Å². The third-order valence-electron chi connectivity index (χ3n) is 4.52. The van der Waals surface area contributed by atoms with Crippen LogP contribution in [0.5, 0.6) is 5.75 Å². The SMILES string of the molecule is COc1ccccc1CC(=O)OCc1ccc(C(=O)N2CCCC2)cc1. The largest absolute Gasteiger partial charge is 0.496 e. The molecule has 0 atom stereocenters. The highest BCUT2D eigenvalue weighted by molar-refractivity contribution is 5.94. The highest BCUT2D eigenvalue weighted by Crippen LogP contribution is 2.18.